The van der Waals surface area contributed by atoms with Crippen molar-refractivity contribution in [1.82, 2.24) is 4.98 Å². The van der Waals surface area contributed by atoms with Crippen LogP contribution in [-0.4, -0.2) is 29.1 Å². The summed E-state index contributed by atoms with van der Waals surface area (Å²) in [6.45, 7) is 0.663. The van der Waals surface area contributed by atoms with E-state index in [-0.39, 0.29) is 18.4 Å². The third-order valence-corrected chi connectivity index (χ3v) is 3.41. The number of hydrogen-bond donors (Lipinski definition) is 1. The minimum Gasteiger partial charge on any atom is -0.396 e. The largest absolute Gasteiger partial charge is 0.396 e. The summed E-state index contributed by atoms with van der Waals surface area (Å²) in [7, 11) is 0. The van der Waals surface area contributed by atoms with Gasteiger partial charge in [0.2, 0.25) is 5.91 Å². The molecule has 2 heterocycles. The highest BCUT2D eigenvalue weighted by Gasteiger charge is 2.30. The highest BCUT2D eigenvalue weighted by atomic mass is 127. The lowest BCUT2D eigenvalue weighted by molar-refractivity contribution is -0.117. The second-order valence-corrected chi connectivity index (χ2v) is 4.75. The molecule has 4 nitrogen and oxygen atoms in total. The first kappa shape index (κ1) is 10.8. The van der Waals surface area contributed by atoms with Crippen molar-refractivity contribution in [1.29, 1.82) is 0 Å². The summed E-state index contributed by atoms with van der Waals surface area (Å²) in [6.07, 6.45) is 3.83. The van der Waals surface area contributed by atoms with Gasteiger partial charge in [0.05, 0.1) is 11.9 Å². The molecule has 0 saturated carbocycles. The molecule has 80 valence electrons. The molecule has 1 saturated heterocycles. The van der Waals surface area contributed by atoms with Gasteiger partial charge in [0.15, 0.2) is 0 Å². The van der Waals surface area contributed by atoms with Crippen LogP contribution in [-0.2, 0) is 4.79 Å². The maximum absolute atomic E-state index is 11.7. The first-order chi connectivity index (χ1) is 7.22. The van der Waals surface area contributed by atoms with Crippen molar-refractivity contribution in [2.45, 2.75) is 6.42 Å². The Balaban J connectivity index is 2.25. The molecule has 1 aliphatic rings. The molecule has 5 heteroatoms. The molecule has 0 bridgehead atoms. The van der Waals surface area contributed by atoms with E-state index in [4.69, 9.17) is 5.11 Å². The van der Waals surface area contributed by atoms with Gasteiger partial charge in [0, 0.05) is 35.3 Å². The summed E-state index contributed by atoms with van der Waals surface area (Å²) in [6, 6.07) is 1.87. The van der Waals surface area contributed by atoms with Gasteiger partial charge in [-0.05, 0) is 28.7 Å². The molecule has 1 N–H and O–H groups in total. The third kappa shape index (κ3) is 2.12. The monoisotopic (exact) mass is 318 g/mol. The van der Waals surface area contributed by atoms with Crippen molar-refractivity contribution < 1.29 is 9.90 Å². The van der Waals surface area contributed by atoms with Gasteiger partial charge in [0.1, 0.15) is 0 Å². The van der Waals surface area contributed by atoms with E-state index in [1.54, 1.807) is 17.3 Å². The molecule has 0 radical (unpaired) electrons. The standard InChI is InChI=1S/C10H11IN2O2/c11-8-1-2-12-4-9(8)13-5-7(6-14)3-10(13)15/h1-2,4,7,14H,3,5-6H2. The van der Waals surface area contributed by atoms with Crippen LogP contribution in [0.2, 0.25) is 0 Å². The summed E-state index contributed by atoms with van der Waals surface area (Å²) in [5.74, 6) is 0.133. The number of nitrogens with zero attached hydrogens (tertiary/aromatic N) is 2. The number of halogens is 1. The fraction of sp³-hybridized carbons (Fsp3) is 0.400. The van der Waals surface area contributed by atoms with Crippen molar-refractivity contribution in [2.75, 3.05) is 18.1 Å². The Labute approximate surface area is 101 Å². The van der Waals surface area contributed by atoms with Crippen molar-refractivity contribution in [3.63, 3.8) is 0 Å². The van der Waals surface area contributed by atoms with E-state index in [2.05, 4.69) is 27.6 Å². The highest BCUT2D eigenvalue weighted by Crippen LogP contribution is 2.27. The van der Waals surface area contributed by atoms with Crippen LogP contribution in [0.25, 0.3) is 0 Å². The number of carbonyl (C=O) groups excluding carboxylic acids is 1. The number of hydrogen-bond acceptors (Lipinski definition) is 3. The van der Waals surface area contributed by atoms with Crippen molar-refractivity contribution >= 4 is 34.2 Å². The van der Waals surface area contributed by atoms with Crippen LogP contribution in [0.5, 0.6) is 0 Å². The number of rotatable bonds is 2. The van der Waals surface area contributed by atoms with Gasteiger partial charge < -0.3 is 10.0 Å². The summed E-state index contributed by atoms with van der Waals surface area (Å²) < 4.78 is 1.01. The Morgan fingerprint density at radius 1 is 1.67 bits per heavy atom. The zero-order valence-electron chi connectivity index (χ0n) is 8.06. The third-order valence-electron chi connectivity index (χ3n) is 2.50. The molecule has 1 unspecified atom stereocenters. The SMILES string of the molecule is O=C1CC(CO)CN1c1cnccc1I. The molecule has 0 aromatic carbocycles. The van der Waals surface area contributed by atoms with E-state index < -0.39 is 0 Å². The second-order valence-electron chi connectivity index (χ2n) is 3.58. The first-order valence-electron chi connectivity index (χ1n) is 4.73. The van der Waals surface area contributed by atoms with Crippen molar-refractivity contribution in [3.8, 4) is 0 Å². The van der Waals surface area contributed by atoms with Gasteiger partial charge in [-0.3, -0.25) is 9.78 Å². The molecule has 1 fully saturated rings. The highest BCUT2D eigenvalue weighted by molar-refractivity contribution is 14.1. The quantitative estimate of drug-likeness (QED) is 0.829. The first-order valence-corrected chi connectivity index (χ1v) is 5.81. The minimum absolute atomic E-state index is 0.0634. The van der Waals surface area contributed by atoms with Gasteiger partial charge in [-0.15, -0.1) is 0 Å². The maximum atomic E-state index is 11.7. The Morgan fingerprint density at radius 2 is 2.47 bits per heavy atom. The number of aromatic nitrogens is 1. The Hall–Kier alpha value is -0.690. The smallest absolute Gasteiger partial charge is 0.227 e. The van der Waals surface area contributed by atoms with Gasteiger partial charge in [0.25, 0.3) is 0 Å². The molecular formula is C10H11IN2O2. The maximum Gasteiger partial charge on any atom is 0.227 e. The second kappa shape index (κ2) is 4.44. The van der Waals surface area contributed by atoms with Gasteiger partial charge in [-0.1, -0.05) is 0 Å². The molecule has 0 spiro atoms. The number of carbonyl (C=O) groups is 1. The zero-order valence-corrected chi connectivity index (χ0v) is 10.2. The number of aliphatic hydroxyl groups excluding tert-OH is 1. The lowest BCUT2D eigenvalue weighted by Gasteiger charge is -2.17. The lowest BCUT2D eigenvalue weighted by Crippen LogP contribution is -2.25. The fourth-order valence-electron chi connectivity index (χ4n) is 1.70. The zero-order chi connectivity index (χ0) is 10.8. The average molecular weight is 318 g/mol. The molecule has 1 aliphatic heterocycles. The van der Waals surface area contributed by atoms with E-state index in [0.29, 0.717) is 13.0 Å². The number of aliphatic hydroxyl groups is 1. The molecule has 15 heavy (non-hydrogen) atoms. The van der Waals surface area contributed by atoms with Gasteiger partial charge in [-0.25, -0.2) is 0 Å². The molecule has 2 rings (SSSR count). The Bertz CT molecular complexity index is 383. The van der Waals surface area contributed by atoms with E-state index >= 15 is 0 Å². The van der Waals surface area contributed by atoms with Crippen LogP contribution < -0.4 is 4.90 Å². The predicted octanol–water partition coefficient (Wildman–Crippen LogP) is 1.03. The van der Waals surface area contributed by atoms with Crippen LogP contribution in [0, 0.1) is 9.49 Å². The van der Waals surface area contributed by atoms with Crippen LogP contribution in [0.1, 0.15) is 6.42 Å². The average Bonchev–Trinajstić information content (AvgIpc) is 2.60. The molecule has 1 aromatic rings. The summed E-state index contributed by atoms with van der Waals surface area (Å²) in [5, 5.41) is 9.02. The van der Waals surface area contributed by atoms with Crippen molar-refractivity contribution in [3.05, 3.63) is 22.0 Å². The summed E-state index contributed by atoms with van der Waals surface area (Å²) in [5.41, 5.74) is 0.846. The van der Waals surface area contributed by atoms with Crippen LogP contribution in [0.15, 0.2) is 18.5 Å². The summed E-state index contributed by atoms with van der Waals surface area (Å²) >= 11 is 2.18. The number of amides is 1. The topological polar surface area (TPSA) is 53.4 Å². The van der Waals surface area contributed by atoms with Crippen LogP contribution in [0.4, 0.5) is 5.69 Å². The minimum atomic E-state index is 0.0634. The van der Waals surface area contributed by atoms with E-state index in [9.17, 15) is 4.79 Å². The normalized spacial score (nSPS) is 21.1. The fourth-order valence-corrected chi connectivity index (χ4v) is 2.30. The van der Waals surface area contributed by atoms with Crippen LogP contribution >= 0.6 is 22.6 Å². The summed E-state index contributed by atoms with van der Waals surface area (Å²) in [4.78, 5) is 17.4. The molecule has 1 aromatic heterocycles. The Kier molecular flexibility index (Phi) is 3.20. The molecule has 0 aliphatic carbocycles. The molecule has 1 atom stereocenters. The van der Waals surface area contributed by atoms with E-state index in [1.807, 2.05) is 6.07 Å². The molecule has 1 amide bonds. The predicted molar refractivity (Wildman–Crippen MR) is 64.5 cm³/mol. The number of pyridine rings is 1. The lowest BCUT2D eigenvalue weighted by atomic mass is 10.1. The van der Waals surface area contributed by atoms with E-state index in [1.165, 1.54) is 0 Å². The molecular weight excluding hydrogens is 307 g/mol. The van der Waals surface area contributed by atoms with Gasteiger partial charge >= 0.3 is 0 Å². The van der Waals surface area contributed by atoms with Crippen molar-refractivity contribution in [2.24, 2.45) is 5.92 Å². The van der Waals surface area contributed by atoms with Crippen LogP contribution in [0.3, 0.4) is 0 Å². The van der Waals surface area contributed by atoms with E-state index in [0.717, 1.165) is 9.26 Å². The Morgan fingerprint density at radius 3 is 3.07 bits per heavy atom. The number of anilines is 1. The van der Waals surface area contributed by atoms with Gasteiger partial charge in [-0.2, -0.15) is 0 Å².